The van der Waals surface area contributed by atoms with E-state index in [1.165, 1.54) is 0 Å². The van der Waals surface area contributed by atoms with Crippen LogP contribution < -0.4 is 9.64 Å². The fraction of sp³-hybridized carbons (Fsp3) is 0.333. The van der Waals surface area contributed by atoms with Gasteiger partial charge in [-0.05, 0) is 28.1 Å². The largest absolute Gasteiger partial charge is 0.469 e. The number of anilines is 1. The van der Waals surface area contributed by atoms with Crippen LogP contribution in [0.15, 0.2) is 29.0 Å². The first-order chi connectivity index (χ1) is 11.8. The number of hydrogen-bond donors (Lipinski definition) is 1. The first kappa shape index (κ1) is 15.3. The summed E-state index contributed by atoms with van der Waals surface area (Å²) in [5.74, 6) is 1.14. The molecule has 9 heteroatoms. The number of nitrogens with one attached hydrogen (secondary N) is 1. The van der Waals surface area contributed by atoms with Crippen molar-refractivity contribution in [2.45, 2.75) is 6.61 Å². The molecule has 3 aromatic heterocycles. The number of fused-ring (bicyclic) bond motifs is 1. The van der Waals surface area contributed by atoms with Gasteiger partial charge in [0.05, 0.1) is 17.7 Å². The molecule has 1 aliphatic rings. The number of rotatable bonds is 4. The summed E-state index contributed by atoms with van der Waals surface area (Å²) in [7, 11) is 0. The Morgan fingerprint density at radius 2 is 2.17 bits per heavy atom. The molecular formula is C15H15BrN6O2. The summed E-state index contributed by atoms with van der Waals surface area (Å²) < 4.78 is 12.2. The third-order valence-electron chi connectivity index (χ3n) is 3.71. The lowest BCUT2D eigenvalue weighted by Gasteiger charge is -2.27. The van der Waals surface area contributed by atoms with Crippen molar-refractivity contribution >= 4 is 32.9 Å². The first-order valence-electron chi connectivity index (χ1n) is 7.58. The summed E-state index contributed by atoms with van der Waals surface area (Å²) in [5.41, 5.74) is 2.28. The zero-order valence-electron chi connectivity index (χ0n) is 12.8. The zero-order chi connectivity index (χ0) is 16.4. The highest BCUT2D eigenvalue weighted by atomic mass is 79.9. The Labute approximate surface area is 146 Å². The average Bonchev–Trinajstić information content (AvgIpc) is 3.02. The van der Waals surface area contributed by atoms with E-state index in [4.69, 9.17) is 9.47 Å². The van der Waals surface area contributed by atoms with Gasteiger partial charge in [-0.2, -0.15) is 15.2 Å². The van der Waals surface area contributed by atoms with Crippen molar-refractivity contribution in [2.75, 3.05) is 31.2 Å². The summed E-state index contributed by atoms with van der Waals surface area (Å²) in [5, 5.41) is 7.88. The minimum Gasteiger partial charge on any atom is -0.469 e. The van der Waals surface area contributed by atoms with E-state index in [2.05, 4.69) is 46.0 Å². The number of aromatic nitrogens is 5. The second-order valence-electron chi connectivity index (χ2n) is 5.29. The van der Waals surface area contributed by atoms with Gasteiger partial charge in [-0.15, -0.1) is 0 Å². The van der Waals surface area contributed by atoms with Crippen LogP contribution in [0.5, 0.6) is 5.88 Å². The second kappa shape index (κ2) is 6.70. The van der Waals surface area contributed by atoms with E-state index in [1.54, 1.807) is 6.20 Å². The van der Waals surface area contributed by atoms with Gasteiger partial charge in [-0.1, -0.05) is 0 Å². The number of halogens is 1. The lowest BCUT2D eigenvalue weighted by Crippen LogP contribution is -2.37. The molecule has 0 spiro atoms. The van der Waals surface area contributed by atoms with Gasteiger partial charge in [0.2, 0.25) is 11.8 Å². The van der Waals surface area contributed by atoms with Crippen LogP contribution in [0.25, 0.3) is 11.0 Å². The van der Waals surface area contributed by atoms with E-state index >= 15 is 0 Å². The fourth-order valence-electron chi connectivity index (χ4n) is 2.50. The molecule has 0 aliphatic carbocycles. The molecule has 0 aromatic carbocycles. The SMILES string of the molecule is Brc1c[nH]c2c(OCc3cccnn3)nc(N3CCOCC3)nc12. The Morgan fingerprint density at radius 1 is 1.29 bits per heavy atom. The van der Waals surface area contributed by atoms with Gasteiger partial charge >= 0.3 is 0 Å². The van der Waals surface area contributed by atoms with Crippen molar-refractivity contribution in [1.29, 1.82) is 0 Å². The minimum atomic E-state index is 0.291. The van der Waals surface area contributed by atoms with Crippen LogP contribution in [0.3, 0.4) is 0 Å². The average molecular weight is 391 g/mol. The second-order valence-corrected chi connectivity index (χ2v) is 6.15. The molecule has 1 saturated heterocycles. The van der Waals surface area contributed by atoms with Gasteiger partial charge in [-0.3, -0.25) is 0 Å². The van der Waals surface area contributed by atoms with Crippen LogP contribution in [-0.4, -0.2) is 51.5 Å². The quantitative estimate of drug-likeness (QED) is 0.727. The molecule has 0 saturated carbocycles. The van der Waals surface area contributed by atoms with E-state index in [0.29, 0.717) is 31.6 Å². The number of nitrogens with zero attached hydrogens (tertiary/aromatic N) is 5. The number of morpholine rings is 1. The van der Waals surface area contributed by atoms with Crippen LogP contribution in [0.2, 0.25) is 0 Å². The predicted molar refractivity (Wildman–Crippen MR) is 91.0 cm³/mol. The van der Waals surface area contributed by atoms with Crippen LogP contribution in [0, 0.1) is 0 Å². The highest BCUT2D eigenvalue weighted by Gasteiger charge is 2.19. The van der Waals surface area contributed by atoms with Crippen molar-refractivity contribution in [3.05, 3.63) is 34.7 Å². The van der Waals surface area contributed by atoms with Gasteiger partial charge in [0.1, 0.15) is 23.3 Å². The number of aromatic amines is 1. The van der Waals surface area contributed by atoms with E-state index in [1.807, 2.05) is 18.3 Å². The Kier molecular flexibility index (Phi) is 4.26. The Hall–Kier alpha value is -2.26. The maximum absolute atomic E-state index is 5.89. The highest BCUT2D eigenvalue weighted by Crippen LogP contribution is 2.30. The van der Waals surface area contributed by atoms with Gasteiger partial charge in [0.15, 0.2) is 0 Å². The third-order valence-corrected chi connectivity index (χ3v) is 4.32. The molecule has 4 rings (SSSR count). The molecule has 124 valence electrons. The van der Waals surface area contributed by atoms with Crippen molar-refractivity contribution in [3.8, 4) is 5.88 Å². The van der Waals surface area contributed by atoms with Crippen LogP contribution in [0.1, 0.15) is 5.69 Å². The molecule has 1 aliphatic heterocycles. The molecule has 4 heterocycles. The minimum absolute atomic E-state index is 0.291. The molecule has 1 fully saturated rings. The topological polar surface area (TPSA) is 89.0 Å². The van der Waals surface area contributed by atoms with E-state index < -0.39 is 0 Å². The Bertz CT molecular complexity index is 835. The van der Waals surface area contributed by atoms with Crippen LogP contribution in [0.4, 0.5) is 5.95 Å². The van der Waals surface area contributed by atoms with E-state index in [-0.39, 0.29) is 0 Å². The molecule has 0 bridgehead atoms. The third kappa shape index (κ3) is 3.04. The zero-order valence-corrected chi connectivity index (χ0v) is 14.4. The maximum Gasteiger partial charge on any atom is 0.243 e. The summed E-state index contributed by atoms with van der Waals surface area (Å²) in [6.07, 6.45) is 3.46. The van der Waals surface area contributed by atoms with Crippen LogP contribution >= 0.6 is 15.9 Å². The van der Waals surface area contributed by atoms with E-state index in [0.717, 1.165) is 34.3 Å². The van der Waals surface area contributed by atoms with Gasteiger partial charge in [0, 0.05) is 25.5 Å². The molecule has 1 N–H and O–H groups in total. The number of ether oxygens (including phenoxy) is 2. The lowest BCUT2D eigenvalue weighted by molar-refractivity contribution is 0.122. The Balaban J connectivity index is 1.67. The van der Waals surface area contributed by atoms with Gasteiger partial charge in [-0.25, -0.2) is 4.98 Å². The molecular weight excluding hydrogens is 376 g/mol. The van der Waals surface area contributed by atoms with Gasteiger partial charge < -0.3 is 19.4 Å². The molecule has 3 aromatic rings. The van der Waals surface area contributed by atoms with Gasteiger partial charge in [0.25, 0.3) is 0 Å². The molecule has 0 radical (unpaired) electrons. The monoisotopic (exact) mass is 390 g/mol. The smallest absolute Gasteiger partial charge is 0.243 e. The fourth-order valence-corrected chi connectivity index (χ4v) is 2.90. The first-order valence-corrected chi connectivity index (χ1v) is 8.37. The molecule has 24 heavy (non-hydrogen) atoms. The maximum atomic E-state index is 5.89. The van der Waals surface area contributed by atoms with Crippen molar-refractivity contribution < 1.29 is 9.47 Å². The number of hydrogen-bond acceptors (Lipinski definition) is 7. The summed E-state index contributed by atoms with van der Waals surface area (Å²) in [6.45, 7) is 3.16. The summed E-state index contributed by atoms with van der Waals surface area (Å²) in [4.78, 5) is 14.5. The van der Waals surface area contributed by atoms with Crippen molar-refractivity contribution in [2.24, 2.45) is 0 Å². The standard InChI is InChI=1S/C15H15BrN6O2/c16-11-8-17-13-12(11)19-15(22-4-6-23-7-5-22)20-14(13)24-9-10-2-1-3-18-21-10/h1-3,8,17H,4-7,9H2. The predicted octanol–water partition coefficient (Wildman–Crippen LogP) is 1.93. The lowest BCUT2D eigenvalue weighted by atomic mass is 10.4. The van der Waals surface area contributed by atoms with E-state index in [9.17, 15) is 0 Å². The van der Waals surface area contributed by atoms with Crippen molar-refractivity contribution in [3.63, 3.8) is 0 Å². The summed E-state index contributed by atoms with van der Waals surface area (Å²) in [6, 6.07) is 3.69. The molecule has 0 atom stereocenters. The molecule has 0 unspecified atom stereocenters. The normalized spacial score (nSPS) is 15.0. The molecule has 0 amide bonds. The van der Waals surface area contributed by atoms with Crippen LogP contribution in [-0.2, 0) is 11.3 Å². The number of H-pyrrole nitrogens is 1. The summed E-state index contributed by atoms with van der Waals surface area (Å²) >= 11 is 3.51. The molecule has 8 nitrogen and oxygen atoms in total. The highest BCUT2D eigenvalue weighted by molar-refractivity contribution is 9.10. The van der Waals surface area contributed by atoms with Crippen molar-refractivity contribution in [1.82, 2.24) is 25.1 Å². The Morgan fingerprint density at radius 3 is 2.96 bits per heavy atom.